The van der Waals surface area contributed by atoms with E-state index in [1.165, 1.54) is 11.8 Å². The minimum Gasteiger partial charge on any atom is -0.338 e. The third-order valence-electron chi connectivity index (χ3n) is 1.98. The van der Waals surface area contributed by atoms with Crippen LogP contribution >= 0.6 is 11.8 Å². The van der Waals surface area contributed by atoms with Gasteiger partial charge in [0.05, 0.1) is 5.25 Å². The van der Waals surface area contributed by atoms with Crippen molar-refractivity contribution in [3.05, 3.63) is 0 Å². The largest absolute Gasteiger partial charge is 0.338 e. The Morgan fingerprint density at radius 1 is 1.38 bits per heavy atom. The van der Waals surface area contributed by atoms with Crippen molar-refractivity contribution >= 4 is 23.7 Å². The summed E-state index contributed by atoms with van der Waals surface area (Å²) in [5, 5.41) is 4.55. The van der Waals surface area contributed by atoms with Crippen LogP contribution in [-0.4, -0.2) is 36.0 Å². The average molecular weight is 247 g/mol. The molecular weight excluding hydrogens is 226 g/mol. The van der Waals surface area contributed by atoms with Gasteiger partial charge in [-0.05, 0) is 32.1 Å². The molecule has 0 spiro atoms. The van der Waals surface area contributed by atoms with Gasteiger partial charge < -0.3 is 11.1 Å². The minimum atomic E-state index is -0.438. The highest BCUT2D eigenvalue weighted by atomic mass is 32.2. The number of hydrogen-bond acceptors (Lipinski definition) is 4. The van der Waals surface area contributed by atoms with Crippen LogP contribution in [0.5, 0.6) is 0 Å². The van der Waals surface area contributed by atoms with Crippen molar-refractivity contribution in [3.63, 3.8) is 0 Å². The van der Waals surface area contributed by atoms with Crippen LogP contribution in [0.3, 0.4) is 0 Å². The number of rotatable bonds is 6. The van der Waals surface area contributed by atoms with Crippen molar-refractivity contribution in [1.29, 1.82) is 0 Å². The van der Waals surface area contributed by atoms with Gasteiger partial charge in [0.1, 0.15) is 0 Å². The van der Waals surface area contributed by atoms with Crippen LogP contribution in [0.4, 0.5) is 4.79 Å². The van der Waals surface area contributed by atoms with E-state index in [4.69, 9.17) is 5.73 Å². The van der Waals surface area contributed by atoms with Crippen molar-refractivity contribution in [3.8, 4) is 0 Å². The number of carbonyl (C=O) groups excluding carboxylic acids is 2. The number of imide groups is 1. The maximum absolute atomic E-state index is 11.5. The standard InChI is InChI=1S/C10H21N3O2S/c1-4-12-10(15)13-9(14)8(3)16-6-7(2)5-11/h7-8H,4-6,11H2,1-3H3,(H2,12,13,14,15). The maximum atomic E-state index is 11.5. The second-order valence-electron chi connectivity index (χ2n) is 3.67. The van der Waals surface area contributed by atoms with Crippen molar-refractivity contribution in [2.45, 2.75) is 26.0 Å². The first-order valence-electron chi connectivity index (χ1n) is 5.41. The SMILES string of the molecule is CCNC(=O)NC(=O)C(C)SCC(C)CN. The highest BCUT2D eigenvalue weighted by Crippen LogP contribution is 2.14. The summed E-state index contributed by atoms with van der Waals surface area (Å²) in [5.41, 5.74) is 5.48. The topological polar surface area (TPSA) is 84.2 Å². The molecule has 0 rings (SSSR count). The van der Waals surface area contributed by atoms with Crippen LogP contribution in [-0.2, 0) is 4.79 Å². The third kappa shape index (κ3) is 6.68. The first-order valence-corrected chi connectivity index (χ1v) is 6.46. The summed E-state index contributed by atoms with van der Waals surface area (Å²) >= 11 is 1.51. The van der Waals surface area contributed by atoms with Gasteiger partial charge in [0.15, 0.2) is 0 Å². The van der Waals surface area contributed by atoms with E-state index in [1.807, 2.05) is 6.92 Å². The van der Waals surface area contributed by atoms with E-state index in [1.54, 1.807) is 13.8 Å². The number of nitrogens with one attached hydrogen (secondary N) is 2. The summed E-state index contributed by atoms with van der Waals surface area (Å²) in [7, 11) is 0. The summed E-state index contributed by atoms with van der Waals surface area (Å²) in [6, 6.07) is -0.438. The molecule has 0 fully saturated rings. The number of hydrogen-bond donors (Lipinski definition) is 3. The van der Waals surface area contributed by atoms with Gasteiger partial charge in [-0.1, -0.05) is 6.92 Å². The Hall–Kier alpha value is -0.750. The van der Waals surface area contributed by atoms with Crippen molar-refractivity contribution < 1.29 is 9.59 Å². The molecule has 0 aliphatic rings. The van der Waals surface area contributed by atoms with E-state index in [9.17, 15) is 9.59 Å². The van der Waals surface area contributed by atoms with Crippen molar-refractivity contribution in [2.24, 2.45) is 11.7 Å². The Morgan fingerprint density at radius 3 is 2.50 bits per heavy atom. The third-order valence-corrected chi connectivity index (χ3v) is 3.45. The molecule has 5 nitrogen and oxygen atoms in total. The van der Waals surface area contributed by atoms with E-state index >= 15 is 0 Å². The van der Waals surface area contributed by atoms with Crippen LogP contribution in [0.2, 0.25) is 0 Å². The minimum absolute atomic E-state index is 0.239. The lowest BCUT2D eigenvalue weighted by Gasteiger charge is -2.13. The van der Waals surface area contributed by atoms with E-state index in [-0.39, 0.29) is 11.2 Å². The first kappa shape index (κ1) is 15.2. The fourth-order valence-electron chi connectivity index (χ4n) is 0.871. The number of carbonyl (C=O) groups is 2. The molecule has 2 unspecified atom stereocenters. The summed E-state index contributed by atoms with van der Waals surface area (Å²) in [4.78, 5) is 22.6. The lowest BCUT2D eigenvalue weighted by atomic mass is 10.2. The molecule has 0 aromatic rings. The lowest BCUT2D eigenvalue weighted by Crippen LogP contribution is -2.42. The van der Waals surface area contributed by atoms with Crippen LogP contribution in [0, 0.1) is 5.92 Å². The van der Waals surface area contributed by atoms with Crippen LogP contribution in [0.1, 0.15) is 20.8 Å². The Labute approximate surface area is 101 Å². The molecular formula is C10H21N3O2S. The molecule has 0 heterocycles. The van der Waals surface area contributed by atoms with E-state index in [2.05, 4.69) is 10.6 Å². The molecule has 2 atom stereocenters. The highest BCUT2D eigenvalue weighted by molar-refractivity contribution is 8.00. The summed E-state index contributed by atoms with van der Waals surface area (Å²) in [6.07, 6.45) is 0. The van der Waals surface area contributed by atoms with Crippen LogP contribution in [0.25, 0.3) is 0 Å². The first-order chi connectivity index (χ1) is 7.51. The fraction of sp³-hybridized carbons (Fsp3) is 0.800. The number of urea groups is 1. The van der Waals surface area contributed by atoms with Gasteiger partial charge in [0, 0.05) is 6.54 Å². The fourth-order valence-corrected chi connectivity index (χ4v) is 1.83. The number of amides is 3. The Balaban J connectivity index is 3.85. The molecule has 3 amide bonds. The monoisotopic (exact) mass is 247 g/mol. The smallest absolute Gasteiger partial charge is 0.321 e. The molecule has 16 heavy (non-hydrogen) atoms. The zero-order chi connectivity index (χ0) is 12.6. The molecule has 0 aliphatic carbocycles. The Bertz CT molecular complexity index is 236. The molecule has 0 aromatic heterocycles. The molecule has 0 bridgehead atoms. The predicted molar refractivity (Wildman–Crippen MR) is 67.4 cm³/mol. The van der Waals surface area contributed by atoms with Crippen LogP contribution < -0.4 is 16.4 Å². The molecule has 4 N–H and O–H groups in total. The molecule has 0 aliphatic heterocycles. The summed E-state index contributed by atoms with van der Waals surface area (Å²) in [5.74, 6) is 0.936. The lowest BCUT2D eigenvalue weighted by molar-refractivity contribution is -0.119. The van der Waals surface area contributed by atoms with E-state index in [0.717, 1.165) is 5.75 Å². The summed E-state index contributed by atoms with van der Waals surface area (Å²) < 4.78 is 0. The molecule has 0 saturated heterocycles. The second kappa shape index (κ2) is 8.41. The molecule has 0 saturated carbocycles. The number of thioether (sulfide) groups is 1. The highest BCUT2D eigenvalue weighted by Gasteiger charge is 2.16. The average Bonchev–Trinajstić information content (AvgIpc) is 2.25. The van der Waals surface area contributed by atoms with Gasteiger partial charge in [-0.3, -0.25) is 10.1 Å². The Kier molecular flexibility index (Phi) is 8.01. The number of nitrogens with two attached hydrogens (primary N) is 1. The van der Waals surface area contributed by atoms with Gasteiger partial charge in [0.25, 0.3) is 0 Å². The van der Waals surface area contributed by atoms with Gasteiger partial charge in [0.2, 0.25) is 5.91 Å². The zero-order valence-corrected chi connectivity index (χ0v) is 10.9. The molecule has 6 heteroatoms. The van der Waals surface area contributed by atoms with Crippen LogP contribution in [0.15, 0.2) is 0 Å². The van der Waals surface area contributed by atoms with Gasteiger partial charge in [-0.15, -0.1) is 11.8 Å². The van der Waals surface area contributed by atoms with E-state index < -0.39 is 6.03 Å². The maximum Gasteiger partial charge on any atom is 0.321 e. The van der Waals surface area contributed by atoms with Gasteiger partial charge in [-0.25, -0.2) is 4.79 Å². The second-order valence-corrected chi connectivity index (χ2v) is 5.04. The zero-order valence-electron chi connectivity index (χ0n) is 10.1. The Morgan fingerprint density at radius 2 is 2.00 bits per heavy atom. The molecule has 0 radical (unpaired) electrons. The summed E-state index contributed by atoms with van der Waals surface area (Å²) in [6.45, 7) is 6.72. The van der Waals surface area contributed by atoms with Crippen molar-refractivity contribution in [1.82, 2.24) is 10.6 Å². The predicted octanol–water partition coefficient (Wildman–Crippen LogP) is 0.549. The quantitative estimate of drug-likeness (QED) is 0.640. The molecule has 94 valence electrons. The molecule has 0 aromatic carbocycles. The van der Waals surface area contributed by atoms with Gasteiger partial charge in [-0.2, -0.15) is 0 Å². The van der Waals surface area contributed by atoms with Crippen molar-refractivity contribution in [2.75, 3.05) is 18.8 Å². The normalized spacial score (nSPS) is 14.0. The van der Waals surface area contributed by atoms with Gasteiger partial charge >= 0.3 is 6.03 Å². The van der Waals surface area contributed by atoms with E-state index in [0.29, 0.717) is 19.0 Å².